The summed E-state index contributed by atoms with van der Waals surface area (Å²) in [7, 11) is 0. The van der Waals surface area contributed by atoms with Crippen molar-refractivity contribution in [3.63, 3.8) is 0 Å². The molecule has 0 bridgehead atoms. The van der Waals surface area contributed by atoms with Crippen molar-refractivity contribution in [3.8, 4) is 0 Å². The number of rotatable bonds is 3. The minimum absolute atomic E-state index is 0. The molecule has 9 heteroatoms. The van der Waals surface area contributed by atoms with Gasteiger partial charge in [0.25, 0.3) is 11.5 Å². The van der Waals surface area contributed by atoms with E-state index in [0.717, 1.165) is 48.2 Å². The maximum Gasteiger partial charge on any atom is 0.274 e. The highest BCUT2D eigenvalue weighted by molar-refractivity contribution is 6.00. The number of imidazole rings is 1. The van der Waals surface area contributed by atoms with Crippen molar-refractivity contribution in [3.05, 3.63) is 80.8 Å². The number of nitrogens with one attached hydrogen (secondary N) is 1. The predicted molar refractivity (Wildman–Crippen MR) is 135 cm³/mol. The van der Waals surface area contributed by atoms with Crippen LogP contribution in [0.15, 0.2) is 41.3 Å². The van der Waals surface area contributed by atoms with Crippen molar-refractivity contribution >= 4 is 34.9 Å². The Kier molecular flexibility index (Phi) is 5.61. The minimum atomic E-state index is -0.272. The van der Waals surface area contributed by atoms with Crippen LogP contribution < -0.4 is 5.56 Å². The van der Waals surface area contributed by atoms with Crippen molar-refractivity contribution in [2.24, 2.45) is 0 Å². The summed E-state index contributed by atoms with van der Waals surface area (Å²) in [6.45, 7) is 2.02. The number of nitrogens with zero attached hydrogens (tertiary/aromatic N) is 3. The molecule has 0 spiro atoms. The Morgan fingerprint density at radius 2 is 1.86 bits per heavy atom. The molecule has 0 radical (unpaired) electrons. The first-order chi connectivity index (χ1) is 17.1. The number of ether oxygens (including phenoxy) is 1. The average Bonchev–Trinajstić information content (AvgIpc) is 3.45. The molecule has 7 rings (SSSR count). The molecule has 1 N–H and O–H groups in total. The van der Waals surface area contributed by atoms with E-state index in [4.69, 9.17) is 4.74 Å². The third kappa shape index (κ3) is 3.62. The van der Waals surface area contributed by atoms with Gasteiger partial charge in [-0.2, -0.15) is 0 Å². The SMILES string of the molecule is Cl.O=C(c1cc2[nH]c(=O)c3cnc(C4CCOCC4)n3c2cc1C1CC1)N1Cc2cccc(F)c2C1. The summed E-state index contributed by atoms with van der Waals surface area (Å²) in [5, 5.41) is 0. The molecular weight excluding hydrogens is 483 g/mol. The summed E-state index contributed by atoms with van der Waals surface area (Å²) in [4.78, 5) is 36.0. The van der Waals surface area contributed by atoms with Gasteiger partial charge in [0, 0.05) is 43.3 Å². The van der Waals surface area contributed by atoms with Crippen LogP contribution in [0.5, 0.6) is 0 Å². The van der Waals surface area contributed by atoms with E-state index in [1.54, 1.807) is 17.2 Å². The molecule has 4 heterocycles. The number of hydrogen-bond acceptors (Lipinski definition) is 4. The lowest BCUT2D eigenvalue weighted by atomic mass is 9.98. The lowest BCUT2D eigenvalue weighted by Gasteiger charge is -2.22. The first kappa shape index (κ1) is 23.2. The second-order valence-corrected chi connectivity index (χ2v) is 9.95. The number of halogens is 2. The lowest BCUT2D eigenvalue weighted by Crippen LogP contribution is -2.26. The molecule has 0 atom stereocenters. The molecule has 36 heavy (non-hydrogen) atoms. The van der Waals surface area contributed by atoms with Gasteiger partial charge < -0.3 is 14.6 Å². The Morgan fingerprint density at radius 1 is 1.06 bits per heavy atom. The zero-order chi connectivity index (χ0) is 23.7. The number of amides is 1. The second kappa shape index (κ2) is 8.71. The fourth-order valence-electron chi connectivity index (χ4n) is 5.71. The molecule has 2 fully saturated rings. The van der Waals surface area contributed by atoms with Crippen LogP contribution >= 0.6 is 12.4 Å². The standard InChI is InChI=1S/C27H25FN4O3.ClH/c28-21-3-1-2-17-13-31(14-20(17)21)27(34)19-10-22-23(11-18(19)15-4-5-15)32-24(26(33)30-22)12-29-25(32)16-6-8-35-9-7-16;/h1-3,10-12,15-16H,4-9,13-14H2,(H,30,33);1H. The molecule has 1 saturated carbocycles. The Morgan fingerprint density at radius 3 is 2.61 bits per heavy atom. The maximum absolute atomic E-state index is 14.3. The van der Waals surface area contributed by atoms with Crippen LogP contribution in [0.4, 0.5) is 4.39 Å². The van der Waals surface area contributed by atoms with E-state index in [1.165, 1.54) is 6.07 Å². The quantitative estimate of drug-likeness (QED) is 0.436. The number of carbonyl (C=O) groups is 1. The molecule has 2 aliphatic heterocycles. The number of fused-ring (bicyclic) bond motifs is 4. The van der Waals surface area contributed by atoms with Gasteiger partial charge in [-0.15, -0.1) is 12.4 Å². The van der Waals surface area contributed by atoms with E-state index in [2.05, 4.69) is 16.0 Å². The second-order valence-electron chi connectivity index (χ2n) is 9.95. The number of benzene rings is 2. The van der Waals surface area contributed by atoms with Gasteiger partial charge in [-0.05, 0) is 60.9 Å². The highest BCUT2D eigenvalue weighted by Gasteiger charge is 2.33. The van der Waals surface area contributed by atoms with Crippen LogP contribution in [0.1, 0.15) is 70.4 Å². The monoisotopic (exact) mass is 508 g/mol. The highest BCUT2D eigenvalue weighted by atomic mass is 35.5. The van der Waals surface area contributed by atoms with E-state index < -0.39 is 0 Å². The largest absolute Gasteiger partial charge is 0.381 e. The summed E-state index contributed by atoms with van der Waals surface area (Å²) >= 11 is 0. The fraction of sp³-hybridized carbons (Fsp3) is 0.370. The number of aromatic amines is 1. The van der Waals surface area contributed by atoms with Crippen molar-refractivity contribution in [1.82, 2.24) is 19.3 Å². The average molecular weight is 509 g/mol. The first-order valence-corrected chi connectivity index (χ1v) is 12.3. The molecule has 4 aromatic rings. The first-order valence-electron chi connectivity index (χ1n) is 12.3. The van der Waals surface area contributed by atoms with Gasteiger partial charge in [-0.1, -0.05) is 12.1 Å². The molecule has 2 aromatic heterocycles. The van der Waals surface area contributed by atoms with Gasteiger partial charge in [0.1, 0.15) is 17.2 Å². The smallest absolute Gasteiger partial charge is 0.274 e. The van der Waals surface area contributed by atoms with Gasteiger partial charge in [0.05, 0.1) is 17.2 Å². The van der Waals surface area contributed by atoms with Crippen molar-refractivity contribution in [1.29, 1.82) is 0 Å². The van der Waals surface area contributed by atoms with E-state index in [9.17, 15) is 14.0 Å². The number of carbonyl (C=O) groups excluding carboxylic acids is 1. The summed E-state index contributed by atoms with van der Waals surface area (Å²) in [6.07, 6.45) is 5.44. The normalized spacial score (nSPS) is 18.0. The van der Waals surface area contributed by atoms with Crippen LogP contribution in [-0.4, -0.2) is 38.4 Å². The third-order valence-electron chi connectivity index (χ3n) is 7.73. The Labute approximate surface area is 212 Å². The van der Waals surface area contributed by atoms with Gasteiger partial charge in [0.2, 0.25) is 0 Å². The van der Waals surface area contributed by atoms with E-state index in [-0.39, 0.29) is 42.2 Å². The topological polar surface area (TPSA) is 79.7 Å². The number of H-pyrrole nitrogens is 1. The summed E-state index contributed by atoms with van der Waals surface area (Å²) < 4.78 is 21.8. The molecule has 0 unspecified atom stereocenters. The molecule has 1 amide bonds. The van der Waals surface area contributed by atoms with Gasteiger partial charge in [0.15, 0.2) is 0 Å². The molecule has 1 aliphatic carbocycles. The Balaban J connectivity index is 0.00000240. The van der Waals surface area contributed by atoms with Crippen LogP contribution in [0.25, 0.3) is 16.6 Å². The van der Waals surface area contributed by atoms with Crippen LogP contribution in [0, 0.1) is 5.82 Å². The minimum Gasteiger partial charge on any atom is -0.381 e. The van der Waals surface area contributed by atoms with Crippen LogP contribution in [0.2, 0.25) is 0 Å². The van der Waals surface area contributed by atoms with E-state index in [0.29, 0.717) is 47.8 Å². The van der Waals surface area contributed by atoms with E-state index >= 15 is 0 Å². The van der Waals surface area contributed by atoms with Crippen LogP contribution in [0.3, 0.4) is 0 Å². The zero-order valence-corrected chi connectivity index (χ0v) is 20.4. The molecule has 2 aromatic carbocycles. The van der Waals surface area contributed by atoms with Crippen molar-refractivity contribution < 1.29 is 13.9 Å². The summed E-state index contributed by atoms with van der Waals surface area (Å²) in [5.41, 5.74) is 4.81. The molecule has 7 nitrogen and oxygen atoms in total. The van der Waals surface area contributed by atoms with Crippen molar-refractivity contribution in [2.75, 3.05) is 13.2 Å². The van der Waals surface area contributed by atoms with Gasteiger partial charge in [-0.25, -0.2) is 9.37 Å². The summed E-state index contributed by atoms with van der Waals surface area (Å²) in [6, 6.07) is 8.89. The number of aromatic nitrogens is 3. The fourth-order valence-corrected chi connectivity index (χ4v) is 5.71. The number of hydrogen-bond donors (Lipinski definition) is 1. The Hall–Kier alpha value is -3.23. The van der Waals surface area contributed by atoms with Gasteiger partial charge in [-0.3, -0.25) is 14.0 Å². The van der Waals surface area contributed by atoms with Crippen molar-refractivity contribution in [2.45, 2.75) is 50.6 Å². The lowest BCUT2D eigenvalue weighted by molar-refractivity contribution is 0.0749. The Bertz CT molecular complexity index is 1570. The zero-order valence-electron chi connectivity index (χ0n) is 19.6. The molecule has 186 valence electrons. The highest BCUT2D eigenvalue weighted by Crippen LogP contribution is 2.43. The molecular formula is C27H26ClFN4O3. The molecule has 3 aliphatic rings. The molecule has 1 saturated heterocycles. The third-order valence-corrected chi connectivity index (χ3v) is 7.73. The van der Waals surface area contributed by atoms with E-state index in [1.807, 2.05) is 16.5 Å². The predicted octanol–water partition coefficient (Wildman–Crippen LogP) is 4.66. The summed E-state index contributed by atoms with van der Waals surface area (Å²) in [5.74, 6) is 1.02. The van der Waals surface area contributed by atoms with Crippen LogP contribution in [-0.2, 0) is 17.8 Å². The maximum atomic E-state index is 14.3. The van der Waals surface area contributed by atoms with Gasteiger partial charge >= 0.3 is 0 Å².